The lowest BCUT2D eigenvalue weighted by Gasteiger charge is -2.17. The number of fused-ring (bicyclic) bond motifs is 2. The Kier molecular flexibility index (Phi) is 6.08. The Morgan fingerprint density at radius 3 is 2.55 bits per heavy atom. The molecule has 6 rings (SSSR count). The number of hydrogen-bond donors (Lipinski definition) is 1. The summed E-state index contributed by atoms with van der Waals surface area (Å²) in [5.74, 6) is -0.371. The monoisotopic (exact) mass is 549 g/mol. The van der Waals surface area contributed by atoms with Gasteiger partial charge in [-0.15, -0.1) is 0 Å². The Morgan fingerprint density at radius 2 is 1.80 bits per heavy atom. The highest BCUT2D eigenvalue weighted by Gasteiger charge is 2.39. The lowest BCUT2D eigenvalue weighted by molar-refractivity contribution is -0.0617. The fourth-order valence-electron chi connectivity index (χ4n) is 5.33. The van der Waals surface area contributed by atoms with E-state index in [0.717, 1.165) is 23.3 Å². The minimum atomic E-state index is -3.06. The van der Waals surface area contributed by atoms with Crippen LogP contribution in [0.4, 0.5) is 19.3 Å². The minimum absolute atomic E-state index is 0.0993. The second kappa shape index (κ2) is 9.39. The van der Waals surface area contributed by atoms with Crippen LogP contribution in [0.2, 0.25) is 0 Å². The molecule has 0 fully saturated rings. The Hall–Kier alpha value is -4.34. The number of hydrogen-bond acceptors (Lipinski definition) is 6. The molecule has 0 aromatic heterocycles. The van der Waals surface area contributed by atoms with Gasteiger partial charge >= 0.3 is 12.6 Å². The molecule has 8 nitrogen and oxygen atoms in total. The van der Waals surface area contributed by atoms with Gasteiger partial charge in [0.1, 0.15) is 11.4 Å². The lowest BCUT2D eigenvalue weighted by Crippen LogP contribution is -2.30. The quantitative estimate of drug-likeness (QED) is 0.391. The zero-order chi connectivity index (χ0) is 28.2. The number of benzene rings is 3. The molecule has 40 heavy (non-hydrogen) atoms. The lowest BCUT2D eigenvalue weighted by atomic mass is 9.90. The zero-order valence-corrected chi connectivity index (χ0v) is 22.5. The third-order valence-electron chi connectivity index (χ3n) is 6.90. The van der Waals surface area contributed by atoms with Gasteiger partial charge in [0.25, 0.3) is 0 Å². The van der Waals surface area contributed by atoms with Gasteiger partial charge in [-0.05, 0) is 49.7 Å². The molecule has 0 radical (unpaired) electrons. The molecule has 0 saturated carbocycles. The highest BCUT2D eigenvalue weighted by atomic mass is 19.3. The van der Waals surface area contributed by atoms with Gasteiger partial charge in [-0.2, -0.15) is 13.9 Å². The van der Waals surface area contributed by atoms with Crippen molar-refractivity contribution in [3.05, 3.63) is 77.4 Å². The van der Waals surface area contributed by atoms with Crippen LogP contribution in [-0.2, 0) is 6.42 Å². The van der Waals surface area contributed by atoms with Gasteiger partial charge in [0, 0.05) is 43.0 Å². The van der Waals surface area contributed by atoms with Crippen molar-refractivity contribution in [1.82, 2.24) is 5.01 Å². The maximum absolute atomic E-state index is 13.4. The Labute approximate surface area is 230 Å². The van der Waals surface area contributed by atoms with Gasteiger partial charge < -0.3 is 24.3 Å². The van der Waals surface area contributed by atoms with Gasteiger partial charge in [-0.25, -0.2) is 9.80 Å². The molecule has 208 valence electrons. The van der Waals surface area contributed by atoms with Crippen LogP contribution in [0.15, 0.2) is 65.8 Å². The second-order valence-corrected chi connectivity index (χ2v) is 11.1. The Morgan fingerprint density at radius 1 is 1.02 bits per heavy atom. The summed E-state index contributed by atoms with van der Waals surface area (Å²) in [5.41, 5.74) is 3.27. The topological polar surface area (TPSA) is 81.6 Å². The minimum Gasteiger partial charge on any atom is -0.487 e. The summed E-state index contributed by atoms with van der Waals surface area (Å²) in [6.45, 7) is 4.58. The van der Waals surface area contributed by atoms with Crippen molar-refractivity contribution in [2.45, 2.75) is 58.0 Å². The molecule has 1 unspecified atom stereocenters. The fraction of sp³-hybridized carbons (Fsp3) is 0.333. The number of halogens is 2. The number of urea groups is 1. The van der Waals surface area contributed by atoms with E-state index in [1.54, 1.807) is 26.0 Å². The molecule has 3 aliphatic rings. The number of nitrogens with zero attached hydrogens (tertiary/aromatic N) is 2. The zero-order valence-electron chi connectivity index (χ0n) is 22.5. The molecular formula is C30H29F2N3O5. The van der Waals surface area contributed by atoms with Crippen molar-refractivity contribution in [1.29, 1.82) is 0 Å². The summed E-state index contributed by atoms with van der Waals surface area (Å²) < 4.78 is 48.9. The van der Waals surface area contributed by atoms with Gasteiger partial charge in [0.05, 0.1) is 12.3 Å². The third-order valence-corrected chi connectivity index (χ3v) is 6.90. The summed E-state index contributed by atoms with van der Waals surface area (Å²) in [6, 6.07) is 17.8. The summed E-state index contributed by atoms with van der Waals surface area (Å²) in [7, 11) is 0. The number of anilines is 1. The normalized spacial score (nSPS) is 19.7. The van der Waals surface area contributed by atoms with E-state index < -0.39 is 18.4 Å². The molecule has 0 saturated heterocycles. The van der Waals surface area contributed by atoms with Gasteiger partial charge in [0.15, 0.2) is 11.5 Å². The highest BCUT2D eigenvalue weighted by Crippen LogP contribution is 2.48. The van der Waals surface area contributed by atoms with E-state index in [2.05, 4.69) is 10.4 Å². The summed E-state index contributed by atoms with van der Waals surface area (Å²) in [6.07, 6.45) is 0.734. The molecule has 3 heterocycles. The predicted octanol–water partition coefficient (Wildman–Crippen LogP) is 6.54. The number of ether oxygens (including phenoxy) is 4. The molecule has 0 spiro atoms. The number of rotatable bonds is 5. The van der Waals surface area contributed by atoms with Gasteiger partial charge in [-0.1, -0.05) is 30.3 Å². The van der Waals surface area contributed by atoms with Crippen LogP contribution in [0, 0.1) is 0 Å². The van der Waals surface area contributed by atoms with Crippen molar-refractivity contribution in [3.8, 4) is 23.0 Å². The summed E-state index contributed by atoms with van der Waals surface area (Å²) >= 11 is 0. The predicted molar refractivity (Wildman–Crippen MR) is 145 cm³/mol. The van der Waals surface area contributed by atoms with E-state index in [4.69, 9.17) is 18.9 Å². The number of carbonyl (C=O) groups is 1. The maximum atomic E-state index is 13.4. The first-order valence-corrected chi connectivity index (χ1v) is 13.0. The number of amides is 2. The average molecular weight is 550 g/mol. The Balaban J connectivity index is 1.33. The van der Waals surface area contributed by atoms with Crippen molar-refractivity contribution < 1.29 is 32.5 Å². The molecule has 3 aromatic carbocycles. The second-order valence-electron chi connectivity index (χ2n) is 11.1. The average Bonchev–Trinajstić information content (AvgIpc) is 3.55. The van der Waals surface area contributed by atoms with Gasteiger partial charge in [0.2, 0.25) is 11.5 Å². The van der Waals surface area contributed by atoms with Crippen molar-refractivity contribution in [3.63, 3.8) is 0 Å². The summed E-state index contributed by atoms with van der Waals surface area (Å²) in [4.78, 5) is 13.4. The largest absolute Gasteiger partial charge is 0.487 e. The summed E-state index contributed by atoms with van der Waals surface area (Å²) in [5, 5.41) is 8.94. The van der Waals surface area contributed by atoms with E-state index >= 15 is 0 Å². The van der Waals surface area contributed by atoms with Crippen LogP contribution < -0.4 is 24.3 Å². The molecule has 0 bridgehead atoms. The fourth-order valence-corrected chi connectivity index (χ4v) is 5.33. The van der Waals surface area contributed by atoms with Crippen LogP contribution in [0.5, 0.6) is 23.0 Å². The van der Waals surface area contributed by atoms with Crippen LogP contribution in [-0.4, -0.2) is 41.3 Å². The van der Waals surface area contributed by atoms with E-state index in [1.165, 1.54) is 11.1 Å². The van der Waals surface area contributed by atoms with E-state index in [-0.39, 0.29) is 35.3 Å². The van der Waals surface area contributed by atoms with Crippen LogP contribution in [0.1, 0.15) is 50.3 Å². The molecule has 10 heteroatoms. The van der Waals surface area contributed by atoms with Crippen molar-refractivity contribution >= 4 is 17.4 Å². The smallest absolute Gasteiger partial charge is 0.387 e. The first-order chi connectivity index (χ1) is 19.0. The van der Waals surface area contributed by atoms with E-state index in [0.29, 0.717) is 17.0 Å². The number of alkyl halides is 2. The standard InChI is InChI=1S/C30H29F2N3O5/c1-29(2)15-19-12-20(10-11-22(19)38-29)33-28(36)35-16-21(17-8-6-5-7-9-17)25(34-35)18-13-23(37-27(31)32)26-24(14-18)39-30(3,4)40-26/h5-14,21,27H,15-16H2,1-4H3,(H,33,36). The third kappa shape index (κ3) is 5.01. The SMILES string of the molecule is CC1(C)Cc2cc(NC(=O)N3CC(c4ccccc4)C(c4cc(OC(F)F)c5c(c4)OC(C)(C)O5)=N3)ccc2O1. The number of hydrazone groups is 1. The van der Waals surface area contributed by atoms with Crippen LogP contribution >= 0.6 is 0 Å². The van der Waals surface area contributed by atoms with Crippen molar-refractivity contribution in [2.75, 3.05) is 11.9 Å². The highest BCUT2D eigenvalue weighted by molar-refractivity contribution is 6.08. The molecule has 3 aliphatic heterocycles. The molecule has 0 aliphatic carbocycles. The first-order valence-electron chi connectivity index (χ1n) is 13.0. The molecular weight excluding hydrogens is 520 g/mol. The number of nitrogens with one attached hydrogen (secondary N) is 1. The van der Waals surface area contributed by atoms with Crippen molar-refractivity contribution in [2.24, 2.45) is 5.10 Å². The van der Waals surface area contributed by atoms with Gasteiger partial charge in [-0.3, -0.25) is 0 Å². The van der Waals surface area contributed by atoms with Crippen LogP contribution in [0.25, 0.3) is 0 Å². The van der Waals surface area contributed by atoms with E-state index in [9.17, 15) is 13.6 Å². The van der Waals surface area contributed by atoms with Crippen LogP contribution in [0.3, 0.4) is 0 Å². The molecule has 1 N–H and O–H groups in total. The van der Waals surface area contributed by atoms with E-state index in [1.807, 2.05) is 56.3 Å². The maximum Gasteiger partial charge on any atom is 0.387 e. The molecule has 2 amide bonds. The number of carbonyl (C=O) groups excluding carboxylic acids is 1. The molecule has 3 aromatic rings. The Bertz CT molecular complexity index is 1510. The molecule has 1 atom stereocenters. The first kappa shape index (κ1) is 25.9.